The number of aliphatic hydroxyl groups excluding tert-OH is 1. The molecule has 2 N–H and O–H groups in total. The van der Waals surface area contributed by atoms with Gasteiger partial charge in [-0.3, -0.25) is 9.59 Å². The molecule has 0 fully saturated rings. The number of allylic oxidation sites excluding steroid dienone is 1. The van der Waals surface area contributed by atoms with Crippen LogP contribution in [0.4, 0.5) is 0 Å². The Morgan fingerprint density at radius 1 is 1.35 bits per heavy atom. The van der Waals surface area contributed by atoms with Crippen molar-refractivity contribution < 1.29 is 14.7 Å². The number of rotatable bonds is 8. The molecule has 126 valence electrons. The van der Waals surface area contributed by atoms with Gasteiger partial charge in [0.2, 0.25) is 5.91 Å². The van der Waals surface area contributed by atoms with E-state index in [0.29, 0.717) is 12.0 Å². The van der Waals surface area contributed by atoms with Crippen molar-refractivity contribution in [2.24, 2.45) is 0 Å². The minimum absolute atomic E-state index is 0.0863. The van der Waals surface area contributed by atoms with E-state index in [9.17, 15) is 9.59 Å². The van der Waals surface area contributed by atoms with E-state index in [2.05, 4.69) is 5.32 Å². The number of benzene rings is 1. The monoisotopic (exact) mass is 318 g/mol. The van der Waals surface area contributed by atoms with Gasteiger partial charge in [-0.15, -0.1) is 0 Å². The Morgan fingerprint density at radius 3 is 2.74 bits per heavy atom. The third-order valence-corrected chi connectivity index (χ3v) is 3.37. The van der Waals surface area contributed by atoms with Crippen LogP contribution in [0.15, 0.2) is 30.3 Å². The van der Waals surface area contributed by atoms with Crippen molar-refractivity contribution in [1.82, 2.24) is 10.2 Å². The minimum Gasteiger partial charge on any atom is -0.394 e. The molecule has 1 unspecified atom stereocenters. The van der Waals surface area contributed by atoms with E-state index in [1.165, 1.54) is 0 Å². The molecular weight excluding hydrogens is 292 g/mol. The lowest BCUT2D eigenvalue weighted by atomic mass is 10.1. The molecule has 0 aliphatic carbocycles. The van der Waals surface area contributed by atoms with E-state index in [1.54, 1.807) is 38.1 Å². The third kappa shape index (κ3) is 7.10. The van der Waals surface area contributed by atoms with Crippen LogP contribution in [0.5, 0.6) is 0 Å². The van der Waals surface area contributed by atoms with Gasteiger partial charge in [0, 0.05) is 32.1 Å². The molecule has 0 aromatic heterocycles. The van der Waals surface area contributed by atoms with Gasteiger partial charge in [0.05, 0.1) is 6.61 Å². The molecule has 0 spiro atoms. The Morgan fingerprint density at radius 2 is 2.09 bits per heavy atom. The number of aliphatic hydroxyl groups is 1. The molecular formula is C18H26N2O3. The normalized spacial score (nSPS) is 12.2. The Kier molecular flexibility index (Phi) is 8.05. The van der Waals surface area contributed by atoms with E-state index in [1.807, 2.05) is 24.3 Å². The summed E-state index contributed by atoms with van der Waals surface area (Å²) in [6.45, 7) is 1.66. The van der Waals surface area contributed by atoms with E-state index in [4.69, 9.17) is 5.11 Å². The fourth-order valence-electron chi connectivity index (χ4n) is 1.95. The second-order valence-electron chi connectivity index (χ2n) is 5.77. The van der Waals surface area contributed by atoms with Crippen LogP contribution in [0.1, 0.15) is 42.1 Å². The zero-order valence-corrected chi connectivity index (χ0v) is 14.1. The average Bonchev–Trinajstić information content (AvgIpc) is 2.54. The van der Waals surface area contributed by atoms with Crippen LogP contribution in [-0.4, -0.2) is 48.6 Å². The van der Waals surface area contributed by atoms with Crippen molar-refractivity contribution >= 4 is 17.9 Å². The van der Waals surface area contributed by atoms with E-state index >= 15 is 0 Å². The van der Waals surface area contributed by atoms with Crippen LogP contribution in [0.3, 0.4) is 0 Å². The highest BCUT2D eigenvalue weighted by atomic mass is 16.3. The topological polar surface area (TPSA) is 69.6 Å². The van der Waals surface area contributed by atoms with Gasteiger partial charge in [-0.25, -0.2) is 0 Å². The maximum atomic E-state index is 12.0. The van der Waals surface area contributed by atoms with Crippen LogP contribution in [0.2, 0.25) is 0 Å². The molecule has 1 aromatic rings. The standard InChI is InChI=1S/C18H26N2O3/c1-14(13-21)19-18(23)16-10-7-9-15(12-16)8-5-4-6-11-17(22)20(2)3/h5,7-10,12,14,21H,4,6,11,13H2,1-3H3,(H,19,23)/b8-5+. The van der Waals surface area contributed by atoms with Crippen LogP contribution in [0.25, 0.3) is 6.08 Å². The molecule has 0 bridgehead atoms. The van der Waals surface area contributed by atoms with Gasteiger partial charge in [-0.1, -0.05) is 24.3 Å². The zero-order valence-electron chi connectivity index (χ0n) is 14.1. The minimum atomic E-state index is -0.268. The van der Waals surface area contributed by atoms with Gasteiger partial charge in [-0.05, 0) is 37.5 Å². The molecule has 0 saturated carbocycles. The highest BCUT2D eigenvalue weighted by molar-refractivity contribution is 5.94. The van der Waals surface area contributed by atoms with Crippen molar-refractivity contribution in [2.75, 3.05) is 20.7 Å². The van der Waals surface area contributed by atoms with Crippen molar-refractivity contribution in [2.45, 2.75) is 32.2 Å². The molecule has 23 heavy (non-hydrogen) atoms. The highest BCUT2D eigenvalue weighted by Gasteiger charge is 2.08. The van der Waals surface area contributed by atoms with Crippen LogP contribution in [0, 0.1) is 0 Å². The lowest BCUT2D eigenvalue weighted by molar-refractivity contribution is -0.128. The first-order valence-electron chi connectivity index (χ1n) is 7.82. The molecule has 2 amide bonds. The molecule has 0 aliphatic heterocycles. The number of hydrogen-bond acceptors (Lipinski definition) is 3. The fraction of sp³-hybridized carbons (Fsp3) is 0.444. The molecule has 1 aromatic carbocycles. The van der Waals surface area contributed by atoms with E-state index in [0.717, 1.165) is 18.4 Å². The highest BCUT2D eigenvalue weighted by Crippen LogP contribution is 2.09. The summed E-state index contributed by atoms with van der Waals surface area (Å²) in [5.41, 5.74) is 1.50. The number of carbonyl (C=O) groups is 2. The first kappa shape index (κ1) is 18.9. The number of nitrogens with one attached hydrogen (secondary N) is 1. The van der Waals surface area contributed by atoms with Crippen LogP contribution >= 0.6 is 0 Å². The van der Waals surface area contributed by atoms with Crippen LogP contribution in [-0.2, 0) is 4.79 Å². The number of hydrogen-bond donors (Lipinski definition) is 2. The number of amides is 2. The SMILES string of the molecule is CC(CO)NC(=O)c1cccc(/C=C/CCCC(=O)N(C)C)c1. The molecule has 1 rings (SSSR count). The number of nitrogens with zero attached hydrogens (tertiary/aromatic N) is 1. The first-order valence-corrected chi connectivity index (χ1v) is 7.82. The van der Waals surface area contributed by atoms with Crippen molar-refractivity contribution in [3.63, 3.8) is 0 Å². The summed E-state index contributed by atoms with van der Waals surface area (Å²) in [4.78, 5) is 25.0. The van der Waals surface area contributed by atoms with Crippen molar-refractivity contribution in [1.29, 1.82) is 0 Å². The largest absolute Gasteiger partial charge is 0.394 e. The second kappa shape index (κ2) is 9.79. The van der Waals surface area contributed by atoms with Crippen molar-refractivity contribution in [3.05, 3.63) is 41.5 Å². The summed E-state index contributed by atoms with van der Waals surface area (Å²) < 4.78 is 0. The van der Waals surface area contributed by atoms with E-state index in [-0.39, 0.29) is 24.5 Å². The van der Waals surface area contributed by atoms with E-state index < -0.39 is 0 Å². The summed E-state index contributed by atoms with van der Waals surface area (Å²) in [6.07, 6.45) is 6.13. The van der Waals surface area contributed by atoms with Gasteiger partial charge >= 0.3 is 0 Å². The van der Waals surface area contributed by atoms with Gasteiger partial charge in [0.15, 0.2) is 0 Å². The zero-order chi connectivity index (χ0) is 17.2. The average molecular weight is 318 g/mol. The lowest BCUT2D eigenvalue weighted by Gasteiger charge is -2.10. The molecule has 5 heteroatoms. The molecule has 0 radical (unpaired) electrons. The van der Waals surface area contributed by atoms with Gasteiger partial charge in [-0.2, -0.15) is 0 Å². The fourth-order valence-corrected chi connectivity index (χ4v) is 1.95. The van der Waals surface area contributed by atoms with Crippen molar-refractivity contribution in [3.8, 4) is 0 Å². The van der Waals surface area contributed by atoms with Crippen LogP contribution < -0.4 is 5.32 Å². The summed E-state index contributed by atoms with van der Waals surface area (Å²) in [5.74, 6) is -0.0616. The summed E-state index contributed by atoms with van der Waals surface area (Å²) in [6, 6.07) is 7.03. The predicted molar refractivity (Wildman–Crippen MR) is 92.0 cm³/mol. The Labute approximate surface area is 138 Å². The Hall–Kier alpha value is -2.14. The second-order valence-corrected chi connectivity index (χ2v) is 5.77. The summed E-state index contributed by atoms with van der Waals surface area (Å²) in [7, 11) is 3.51. The van der Waals surface area contributed by atoms with Gasteiger partial charge < -0.3 is 15.3 Å². The molecule has 0 heterocycles. The maximum Gasteiger partial charge on any atom is 0.251 e. The number of unbranched alkanes of at least 4 members (excludes halogenated alkanes) is 1. The molecule has 0 saturated heterocycles. The summed E-state index contributed by atoms with van der Waals surface area (Å²) in [5, 5.41) is 11.7. The smallest absolute Gasteiger partial charge is 0.251 e. The molecule has 0 aliphatic rings. The molecule has 5 nitrogen and oxygen atoms in total. The van der Waals surface area contributed by atoms with Gasteiger partial charge in [0.1, 0.15) is 0 Å². The summed E-state index contributed by atoms with van der Waals surface area (Å²) >= 11 is 0. The molecule has 1 atom stereocenters. The first-order chi connectivity index (χ1) is 10.9. The number of carbonyl (C=O) groups excluding carboxylic acids is 2. The van der Waals surface area contributed by atoms with Gasteiger partial charge in [0.25, 0.3) is 5.91 Å². The Bertz CT molecular complexity index is 553. The quantitative estimate of drug-likeness (QED) is 0.721. The predicted octanol–water partition coefficient (Wildman–Crippen LogP) is 2.07. The third-order valence-electron chi connectivity index (χ3n) is 3.37. The Balaban J connectivity index is 2.52. The lowest BCUT2D eigenvalue weighted by Crippen LogP contribution is -2.34. The maximum absolute atomic E-state index is 12.0.